The summed E-state index contributed by atoms with van der Waals surface area (Å²) in [5, 5.41) is 12.3. The number of nitrogens with zero attached hydrogens (tertiary/aromatic N) is 3. The van der Waals surface area contributed by atoms with Gasteiger partial charge in [0.05, 0.1) is 11.8 Å². The fourth-order valence-electron chi connectivity index (χ4n) is 2.21. The fourth-order valence-corrected chi connectivity index (χ4v) is 2.21. The summed E-state index contributed by atoms with van der Waals surface area (Å²) in [6.45, 7) is 0.674. The Balaban J connectivity index is 2.27. The van der Waals surface area contributed by atoms with Gasteiger partial charge in [0.15, 0.2) is 6.04 Å². The number of halogens is 3. The predicted molar refractivity (Wildman–Crippen MR) is 55.6 cm³/mol. The Bertz CT molecular complexity index is 443. The quantitative estimate of drug-likeness (QED) is 0.818. The van der Waals surface area contributed by atoms with Crippen LogP contribution in [0.1, 0.15) is 24.4 Å². The molecule has 0 radical (unpaired) electrons. The molecule has 0 bridgehead atoms. The van der Waals surface area contributed by atoms with Gasteiger partial charge in [-0.2, -0.15) is 23.5 Å². The summed E-state index contributed by atoms with van der Waals surface area (Å²) in [7, 11) is 0. The van der Waals surface area contributed by atoms with Gasteiger partial charge in [-0.25, -0.2) is 0 Å². The van der Waals surface area contributed by atoms with E-state index < -0.39 is 18.1 Å². The molecule has 0 aliphatic carbocycles. The highest BCUT2D eigenvalue weighted by molar-refractivity contribution is 5.22. The van der Waals surface area contributed by atoms with Crippen LogP contribution in [0.4, 0.5) is 13.2 Å². The van der Waals surface area contributed by atoms with Crippen LogP contribution in [0.25, 0.3) is 0 Å². The number of ether oxygens (including phenoxy) is 1. The van der Waals surface area contributed by atoms with Crippen LogP contribution in [0.2, 0.25) is 0 Å². The molecule has 1 aliphatic heterocycles. The zero-order valence-electron chi connectivity index (χ0n) is 9.52. The Kier molecular flexibility index (Phi) is 3.57. The summed E-state index contributed by atoms with van der Waals surface area (Å²) in [6, 6.07) is 0.104. The van der Waals surface area contributed by atoms with Crippen molar-refractivity contribution in [1.29, 1.82) is 5.26 Å². The Hall–Kier alpha value is -1.55. The molecule has 18 heavy (non-hydrogen) atoms. The van der Waals surface area contributed by atoms with Gasteiger partial charge >= 0.3 is 6.18 Å². The molecule has 0 saturated carbocycles. The first-order valence-corrected chi connectivity index (χ1v) is 5.61. The number of rotatable bonds is 2. The van der Waals surface area contributed by atoms with Gasteiger partial charge in [-0.05, 0) is 18.8 Å². The van der Waals surface area contributed by atoms with Gasteiger partial charge in [-0.1, -0.05) is 0 Å². The van der Waals surface area contributed by atoms with Crippen molar-refractivity contribution in [2.45, 2.75) is 25.1 Å². The summed E-state index contributed by atoms with van der Waals surface area (Å²) in [6.07, 6.45) is -1.37. The summed E-state index contributed by atoms with van der Waals surface area (Å²) < 4.78 is 45.3. The Morgan fingerprint density at radius 3 is 2.61 bits per heavy atom. The lowest BCUT2D eigenvalue weighted by atomic mass is 9.91. The highest BCUT2D eigenvalue weighted by Crippen LogP contribution is 2.40. The number of alkyl halides is 3. The second-order valence-electron chi connectivity index (χ2n) is 4.26. The van der Waals surface area contributed by atoms with Crippen LogP contribution < -0.4 is 0 Å². The molecular formula is C11H12F3N3O. The van der Waals surface area contributed by atoms with Crippen molar-refractivity contribution < 1.29 is 17.9 Å². The van der Waals surface area contributed by atoms with E-state index in [1.165, 1.54) is 0 Å². The van der Waals surface area contributed by atoms with E-state index in [4.69, 9.17) is 10.00 Å². The molecule has 2 rings (SSSR count). The molecular weight excluding hydrogens is 247 g/mol. The molecule has 98 valence electrons. The van der Waals surface area contributed by atoms with Crippen molar-refractivity contribution in [3.8, 4) is 6.07 Å². The predicted octanol–water partition coefficient (Wildman–Crippen LogP) is 2.28. The minimum absolute atomic E-state index is 0.135. The second kappa shape index (κ2) is 4.98. The molecule has 1 aromatic heterocycles. The molecule has 4 nitrogen and oxygen atoms in total. The lowest BCUT2D eigenvalue weighted by Gasteiger charge is -2.31. The zero-order chi connectivity index (χ0) is 13.2. The van der Waals surface area contributed by atoms with E-state index in [0.717, 1.165) is 17.1 Å². The monoisotopic (exact) mass is 259 g/mol. The molecule has 1 saturated heterocycles. The molecule has 2 heterocycles. The van der Waals surface area contributed by atoms with Crippen molar-refractivity contribution in [3.05, 3.63) is 18.0 Å². The van der Waals surface area contributed by atoms with Gasteiger partial charge in [0.2, 0.25) is 0 Å². The molecule has 1 unspecified atom stereocenters. The average molecular weight is 259 g/mol. The molecule has 1 aliphatic rings. The maximum atomic E-state index is 13.1. The van der Waals surface area contributed by atoms with Crippen LogP contribution in [-0.2, 0) is 4.74 Å². The SMILES string of the molecule is N#Cc1cnn(C(C2CCOCC2)C(F)(F)F)c1. The van der Waals surface area contributed by atoms with Crippen LogP contribution in [0, 0.1) is 17.2 Å². The summed E-state index contributed by atoms with van der Waals surface area (Å²) in [4.78, 5) is 0. The van der Waals surface area contributed by atoms with E-state index in [1.807, 2.05) is 0 Å². The van der Waals surface area contributed by atoms with Crippen LogP contribution in [0.3, 0.4) is 0 Å². The van der Waals surface area contributed by atoms with Crippen LogP contribution in [0.5, 0.6) is 0 Å². The Morgan fingerprint density at radius 2 is 2.11 bits per heavy atom. The van der Waals surface area contributed by atoms with Gasteiger partial charge in [-0.3, -0.25) is 4.68 Å². The van der Waals surface area contributed by atoms with Crippen molar-refractivity contribution >= 4 is 0 Å². The van der Waals surface area contributed by atoms with E-state index in [-0.39, 0.29) is 5.56 Å². The highest BCUT2D eigenvalue weighted by Gasteiger charge is 2.46. The van der Waals surface area contributed by atoms with E-state index in [1.54, 1.807) is 6.07 Å². The number of aromatic nitrogens is 2. The molecule has 0 amide bonds. The second-order valence-corrected chi connectivity index (χ2v) is 4.26. The third-order valence-corrected chi connectivity index (χ3v) is 3.06. The molecule has 0 aromatic carbocycles. The van der Waals surface area contributed by atoms with Crippen LogP contribution in [-0.4, -0.2) is 29.2 Å². The first kappa shape index (κ1) is 12.9. The Morgan fingerprint density at radius 1 is 1.44 bits per heavy atom. The first-order chi connectivity index (χ1) is 8.52. The van der Waals surface area contributed by atoms with Crippen molar-refractivity contribution in [2.75, 3.05) is 13.2 Å². The van der Waals surface area contributed by atoms with Gasteiger partial charge in [0.1, 0.15) is 6.07 Å². The summed E-state index contributed by atoms with van der Waals surface area (Å²) >= 11 is 0. The van der Waals surface area contributed by atoms with E-state index in [9.17, 15) is 13.2 Å². The number of hydrogen-bond donors (Lipinski definition) is 0. The van der Waals surface area contributed by atoms with E-state index in [0.29, 0.717) is 26.1 Å². The summed E-state index contributed by atoms with van der Waals surface area (Å²) in [5.74, 6) is -0.551. The highest BCUT2D eigenvalue weighted by atomic mass is 19.4. The maximum Gasteiger partial charge on any atom is 0.411 e. The molecule has 1 fully saturated rings. The third-order valence-electron chi connectivity index (χ3n) is 3.06. The largest absolute Gasteiger partial charge is 0.411 e. The topological polar surface area (TPSA) is 50.8 Å². The zero-order valence-corrected chi connectivity index (χ0v) is 9.52. The van der Waals surface area contributed by atoms with Gasteiger partial charge < -0.3 is 4.74 Å². The lowest BCUT2D eigenvalue weighted by molar-refractivity contribution is -0.190. The van der Waals surface area contributed by atoms with Gasteiger partial charge in [0, 0.05) is 19.4 Å². The molecule has 0 N–H and O–H groups in total. The van der Waals surface area contributed by atoms with Crippen LogP contribution >= 0.6 is 0 Å². The first-order valence-electron chi connectivity index (χ1n) is 5.61. The normalized spacial score (nSPS) is 19.4. The van der Waals surface area contributed by atoms with Gasteiger partial charge in [-0.15, -0.1) is 0 Å². The maximum absolute atomic E-state index is 13.1. The van der Waals surface area contributed by atoms with Crippen LogP contribution in [0.15, 0.2) is 12.4 Å². The Labute approximate surface area is 102 Å². The van der Waals surface area contributed by atoms with Gasteiger partial charge in [0.25, 0.3) is 0 Å². The molecule has 7 heteroatoms. The van der Waals surface area contributed by atoms with Crippen molar-refractivity contribution in [1.82, 2.24) is 9.78 Å². The smallest absolute Gasteiger partial charge is 0.381 e. The molecule has 1 aromatic rings. The number of nitriles is 1. The molecule has 1 atom stereocenters. The van der Waals surface area contributed by atoms with Crippen molar-refractivity contribution in [3.63, 3.8) is 0 Å². The minimum atomic E-state index is -4.37. The summed E-state index contributed by atoms with van der Waals surface area (Å²) in [5.41, 5.74) is 0.135. The van der Waals surface area contributed by atoms with E-state index in [2.05, 4.69) is 5.10 Å². The number of hydrogen-bond acceptors (Lipinski definition) is 3. The minimum Gasteiger partial charge on any atom is -0.381 e. The van der Waals surface area contributed by atoms with Crippen molar-refractivity contribution in [2.24, 2.45) is 5.92 Å². The lowest BCUT2D eigenvalue weighted by Crippen LogP contribution is -2.36. The third kappa shape index (κ3) is 2.64. The molecule has 0 spiro atoms. The average Bonchev–Trinajstić information content (AvgIpc) is 2.77. The fraction of sp³-hybridized carbons (Fsp3) is 0.636. The standard InChI is InChI=1S/C11H12F3N3O/c12-11(13,14)10(9-1-3-18-4-2-9)17-7-8(5-15)6-16-17/h6-7,9-10H,1-4H2. The van der Waals surface area contributed by atoms with E-state index >= 15 is 0 Å².